The molecule has 0 radical (unpaired) electrons. The lowest BCUT2D eigenvalue weighted by atomic mass is 10.1. The Kier molecular flexibility index (Phi) is 5.91. The summed E-state index contributed by atoms with van der Waals surface area (Å²) in [7, 11) is -3.36. The van der Waals surface area contributed by atoms with Gasteiger partial charge in [-0.15, -0.1) is 23.7 Å². The van der Waals surface area contributed by atoms with E-state index in [0.29, 0.717) is 22.2 Å². The molecule has 1 saturated heterocycles. The fourth-order valence-corrected chi connectivity index (χ4v) is 6.51. The molecular weight excluding hydrogens is 361 g/mol. The molecule has 1 atom stereocenters. The van der Waals surface area contributed by atoms with Gasteiger partial charge in [-0.2, -0.15) is 0 Å². The van der Waals surface area contributed by atoms with Gasteiger partial charge in [0.15, 0.2) is 9.84 Å². The average Bonchev–Trinajstić information content (AvgIpc) is 2.91. The van der Waals surface area contributed by atoms with Gasteiger partial charge in [-0.05, 0) is 24.9 Å². The minimum Gasteiger partial charge on any atom is -0.315 e. The van der Waals surface area contributed by atoms with Gasteiger partial charge in [0.05, 0.1) is 10.3 Å². The molecule has 1 aliphatic rings. The summed E-state index contributed by atoms with van der Waals surface area (Å²) >= 11 is 7.60. The first-order valence-electron chi connectivity index (χ1n) is 6.87. The van der Waals surface area contributed by atoms with Gasteiger partial charge in [0.25, 0.3) is 0 Å². The number of hydrogen-bond acceptors (Lipinski definition) is 4. The average molecular weight is 378 g/mol. The number of halogens is 2. The fourth-order valence-electron chi connectivity index (χ4n) is 2.57. The minimum atomic E-state index is -3.36. The first-order valence-corrected chi connectivity index (χ1v) is 9.68. The van der Waals surface area contributed by atoms with E-state index in [1.807, 2.05) is 35.7 Å². The zero-order valence-corrected chi connectivity index (χ0v) is 15.0. The van der Waals surface area contributed by atoms with Crippen LogP contribution in [0.4, 0.5) is 0 Å². The summed E-state index contributed by atoms with van der Waals surface area (Å²) in [6.45, 7) is 1.40. The lowest BCUT2D eigenvalue weighted by Gasteiger charge is -2.22. The van der Waals surface area contributed by atoms with Gasteiger partial charge < -0.3 is 5.32 Å². The number of sulfone groups is 1. The van der Waals surface area contributed by atoms with Gasteiger partial charge in [0.1, 0.15) is 4.21 Å². The highest BCUT2D eigenvalue weighted by Gasteiger charge is 2.32. The molecule has 0 amide bonds. The standard InChI is InChI=1S/C15H16ClNO2S2.ClH/c16-14-13(11-5-2-1-3-6-11)10-20-15(14)21(18,19)12-7-4-8-17-9-12;/h1-3,5-6,10,12,17H,4,7-9H2;1H. The molecule has 2 aromatic rings. The maximum Gasteiger partial charge on any atom is 0.193 e. The smallest absolute Gasteiger partial charge is 0.193 e. The van der Waals surface area contributed by atoms with Crippen LogP contribution in [0.15, 0.2) is 39.9 Å². The summed E-state index contributed by atoms with van der Waals surface area (Å²) in [6, 6.07) is 9.64. The Labute approximate surface area is 146 Å². The third-order valence-corrected chi connectivity index (χ3v) is 8.11. The van der Waals surface area contributed by atoms with Gasteiger partial charge in [0.2, 0.25) is 0 Å². The van der Waals surface area contributed by atoms with E-state index >= 15 is 0 Å². The first-order chi connectivity index (χ1) is 10.1. The summed E-state index contributed by atoms with van der Waals surface area (Å²) in [5.74, 6) is 0. The van der Waals surface area contributed by atoms with E-state index in [2.05, 4.69) is 5.32 Å². The summed E-state index contributed by atoms with van der Waals surface area (Å²) in [5.41, 5.74) is 1.74. The van der Waals surface area contributed by atoms with Crippen molar-refractivity contribution in [1.29, 1.82) is 0 Å². The first kappa shape index (κ1) is 17.8. The van der Waals surface area contributed by atoms with Crippen LogP contribution in [0.5, 0.6) is 0 Å². The van der Waals surface area contributed by atoms with Crippen LogP contribution in [0.1, 0.15) is 12.8 Å². The molecule has 3 rings (SSSR count). The highest BCUT2D eigenvalue weighted by Crippen LogP contribution is 2.40. The van der Waals surface area contributed by atoms with E-state index in [4.69, 9.17) is 11.6 Å². The number of nitrogens with one attached hydrogen (secondary N) is 1. The molecule has 0 bridgehead atoms. The van der Waals surface area contributed by atoms with E-state index in [0.717, 1.165) is 24.1 Å². The molecule has 120 valence electrons. The number of piperidine rings is 1. The predicted molar refractivity (Wildman–Crippen MR) is 95.1 cm³/mol. The molecule has 1 aromatic carbocycles. The second-order valence-electron chi connectivity index (χ2n) is 5.13. The summed E-state index contributed by atoms with van der Waals surface area (Å²) < 4.78 is 25.8. The van der Waals surface area contributed by atoms with Crippen molar-refractivity contribution < 1.29 is 8.42 Å². The summed E-state index contributed by atoms with van der Waals surface area (Å²) in [4.78, 5) is 0. The third kappa shape index (κ3) is 3.34. The van der Waals surface area contributed by atoms with Crippen LogP contribution < -0.4 is 5.32 Å². The summed E-state index contributed by atoms with van der Waals surface area (Å²) in [6.07, 6.45) is 1.59. The largest absolute Gasteiger partial charge is 0.315 e. The van der Waals surface area contributed by atoms with Gasteiger partial charge in [-0.1, -0.05) is 41.9 Å². The Morgan fingerprint density at radius 3 is 2.59 bits per heavy atom. The number of thiophene rings is 1. The van der Waals surface area contributed by atoms with Crippen molar-refractivity contribution in [1.82, 2.24) is 5.32 Å². The van der Waals surface area contributed by atoms with E-state index in [-0.39, 0.29) is 17.7 Å². The van der Waals surface area contributed by atoms with Crippen LogP contribution in [0.25, 0.3) is 11.1 Å². The third-order valence-electron chi connectivity index (χ3n) is 3.73. The van der Waals surface area contributed by atoms with Crippen LogP contribution in [0, 0.1) is 0 Å². The van der Waals surface area contributed by atoms with Crippen molar-refractivity contribution in [2.45, 2.75) is 22.3 Å². The van der Waals surface area contributed by atoms with Crippen molar-refractivity contribution in [2.75, 3.05) is 13.1 Å². The van der Waals surface area contributed by atoms with Gasteiger partial charge in [0, 0.05) is 17.5 Å². The van der Waals surface area contributed by atoms with Gasteiger partial charge in [-0.3, -0.25) is 0 Å². The van der Waals surface area contributed by atoms with E-state index in [9.17, 15) is 8.42 Å². The topological polar surface area (TPSA) is 46.2 Å². The van der Waals surface area contributed by atoms with E-state index in [1.165, 1.54) is 11.3 Å². The SMILES string of the molecule is Cl.O=S(=O)(c1scc(-c2ccccc2)c1Cl)C1CCCNC1. The molecule has 1 N–H and O–H groups in total. The highest BCUT2D eigenvalue weighted by atomic mass is 35.5. The van der Waals surface area contributed by atoms with Crippen LogP contribution in [-0.4, -0.2) is 26.8 Å². The fraction of sp³-hybridized carbons (Fsp3) is 0.333. The Morgan fingerprint density at radius 1 is 1.23 bits per heavy atom. The highest BCUT2D eigenvalue weighted by molar-refractivity contribution is 7.94. The quantitative estimate of drug-likeness (QED) is 0.878. The number of hydrogen-bond donors (Lipinski definition) is 1. The molecule has 3 nitrogen and oxygen atoms in total. The van der Waals surface area contributed by atoms with Crippen molar-refractivity contribution in [2.24, 2.45) is 0 Å². The molecule has 0 spiro atoms. The van der Waals surface area contributed by atoms with Crippen molar-refractivity contribution in [3.63, 3.8) is 0 Å². The van der Waals surface area contributed by atoms with Gasteiger partial charge in [-0.25, -0.2) is 8.42 Å². The van der Waals surface area contributed by atoms with E-state index in [1.54, 1.807) is 0 Å². The number of rotatable bonds is 3. The second-order valence-corrected chi connectivity index (χ2v) is 8.81. The van der Waals surface area contributed by atoms with Crippen LogP contribution >= 0.6 is 35.3 Å². The van der Waals surface area contributed by atoms with Gasteiger partial charge >= 0.3 is 0 Å². The van der Waals surface area contributed by atoms with Crippen molar-refractivity contribution in [3.8, 4) is 11.1 Å². The maximum absolute atomic E-state index is 12.7. The summed E-state index contributed by atoms with van der Waals surface area (Å²) in [5, 5.41) is 4.97. The Balaban J connectivity index is 0.00000176. The monoisotopic (exact) mass is 377 g/mol. The minimum absolute atomic E-state index is 0. The van der Waals surface area contributed by atoms with Crippen LogP contribution in [0.3, 0.4) is 0 Å². The van der Waals surface area contributed by atoms with E-state index < -0.39 is 9.84 Å². The molecule has 22 heavy (non-hydrogen) atoms. The normalized spacial score (nSPS) is 18.7. The molecule has 0 saturated carbocycles. The molecular formula is C15H17Cl2NO2S2. The molecule has 7 heteroatoms. The van der Waals surface area contributed by atoms with Crippen LogP contribution in [-0.2, 0) is 9.84 Å². The van der Waals surface area contributed by atoms with Crippen molar-refractivity contribution >= 4 is 45.2 Å². The van der Waals surface area contributed by atoms with Crippen molar-refractivity contribution in [3.05, 3.63) is 40.7 Å². The number of benzene rings is 1. The zero-order valence-electron chi connectivity index (χ0n) is 11.8. The maximum atomic E-state index is 12.7. The molecule has 1 unspecified atom stereocenters. The van der Waals surface area contributed by atoms with Crippen LogP contribution in [0.2, 0.25) is 5.02 Å². The lowest BCUT2D eigenvalue weighted by molar-refractivity contribution is 0.498. The predicted octanol–water partition coefficient (Wildman–Crippen LogP) is 4.02. The Morgan fingerprint density at radius 2 is 1.95 bits per heavy atom. The Bertz CT molecular complexity index is 723. The lowest BCUT2D eigenvalue weighted by Crippen LogP contribution is -2.38. The second kappa shape index (κ2) is 7.32. The molecule has 1 aromatic heterocycles. The Hall–Kier alpha value is -0.590. The molecule has 0 aliphatic carbocycles. The molecule has 1 aliphatic heterocycles. The molecule has 2 heterocycles. The zero-order chi connectivity index (χ0) is 14.9. The molecule has 1 fully saturated rings.